The zero-order valence-corrected chi connectivity index (χ0v) is 11.7. The molecule has 0 amide bonds. The van der Waals surface area contributed by atoms with Crippen LogP contribution in [0.1, 0.15) is 38.3 Å². The minimum atomic E-state index is -0.376. The van der Waals surface area contributed by atoms with Gasteiger partial charge in [-0.1, -0.05) is 31.2 Å². The van der Waals surface area contributed by atoms with Crippen LogP contribution in [0.15, 0.2) is 24.3 Å². The summed E-state index contributed by atoms with van der Waals surface area (Å²) in [5.74, 6) is -0.172. The zero-order chi connectivity index (χ0) is 13.6. The lowest BCUT2D eigenvalue weighted by Gasteiger charge is -2.29. The van der Waals surface area contributed by atoms with Crippen LogP contribution in [0, 0.1) is 0 Å². The summed E-state index contributed by atoms with van der Waals surface area (Å²) in [6.07, 6.45) is 1.36. The van der Waals surface area contributed by atoms with E-state index in [4.69, 9.17) is 4.74 Å². The standard InChI is InChI=1S/C15H23NO2/c1-5-12-7-9-13(10-8-12)15(3,16-4)11-14(17)18-6-2/h7-10,16H,5-6,11H2,1-4H3. The van der Waals surface area contributed by atoms with Crippen LogP contribution in [0.2, 0.25) is 0 Å². The first-order valence-electron chi connectivity index (χ1n) is 6.49. The SMILES string of the molecule is CCOC(=O)CC(C)(NC)c1ccc(CC)cc1. The van der Waals surface area contributed by atoms with Crippen LogP contribution in [-0.4, -0.2) is 19.6 Å². The van der Waals surface area contributed by atoms with E-state index in [2.05, 4.69) is 36.5 Å². The number of benzene rings is 1. The van der Waals surface area contributed by atoms with Gasteiger partial charge in [-0.15, -0.1) is 0 Å². The van der Waals surface area contributed by atoms with Gasteiger partial charge in [0.25, 0.3) is 0 Å². The predicted molar refractivity (Wildman–Crippen MR) is 73.5 cm³/mol. The summed E-state index contributed by atoms with van der Waals surface area (Å²) in [6.45, 7) is 6.40. The third kappa shape index (κ3) is 3.57. The number of aryl methyl sites for hydroxylation is 1. The molecule has 0 aromatic heterocycles. The average molecular weight is 249 g/mol. The van der Waals surface area contributed by atoms with E-state index in [9.17, 15) is 4.79 Å². The Morgan fingerprint density at radius 3 is 2.33 bits per heavy atom. The number of hydrogen-bond donors (Lipinski definition) is 1. The summed E-state index contributed by atoms with van der Waals surface area (Å²) < 4.78 is 5.03. The second kappa shape index (κ2) is 6.55. The highest BCUT2D eigenvalue weighted by atomic mass is 16.5. The van der Waals surface area contributed by atoms with Crippen molar-refractivity contribution in [2.45, 2.75) is 39.2 Å². The van der Waals surface area contributed by atoms with Crippen molar-refractivity contribution >= 4 is 5.97 Å². The van der Waals surface area contributed by atoms with Gasteiger partial charge in [-0.25, -0.2) is 0 Å². The Morgan fingerprint density at radius 1 is 1.28 bits per heavy atom. The van der Waals surface area contributed by atoms with Crippen LogP contribution in [0.25, 0.3) is 0 Å². The number of nitrogens with one attached hydrogen (secondary N) is 1. The second-order valence-corrected chi connectivity index (χ2v) is 4.61. The molecular formula is C15H23NO2. The third-order valence-electron chi connectivity index (χ3n) is 3.35. The monoisotopic (exact) mass is 249 g/mol. The van der Waals surface area contributed by atoms with Crippen LogP contribution < -0.4 is 5.32 Å². The van der Waals surface area contributed by atoms with Gasteiger partial charge in [0, 0.05) is 0 Å². The van der Waals surface area contributed by atoms with E-state index in [0.29, 0.717) is 13.0 Å². The maximum absolute atomic E-state index is 11.7. The van der Waals surface area contributed by atoms with Crippen LogP contribution in [0.4, 0.5) is 0 Å². The first-order valence-corrected chi connectivity index (χ1v) is 6.49. The molecule has 0 saturated heterocycles. The molecule has 0 bridgehead atoms. The van der Waals surface area contributed by atoms with Gasteiger partial charge < -0.3 is 10.1 Å². The Morgan fingerprint density at radius 2 is 1.89 bits per heavy atom. The molecule has 1 N–H and O–H groups in total. The second-order valence-electron chi connectivity index (χ2n) is 4.61. The van der Waals surface area contributed by atoms with Crippen molar-refractivity contribution in [2.75, 3.05) is 13.7 Å². The molecular weight excluding hydrogens is 226 g/mol. The third-order valence-corrected chi connectivity index (χ3v) is 3.35. The minimum Gasteiger partial charge on any atom is -0.466 e. The van der Waals surface area contributed by atoms with Crippen molar-refractivity contribution < 1.29 is 9.53 Å². The Bertz CT molecular complexity index is 386. The first kappa shape index (κ1) is 14.7. The van der Waals surface area contributed by atoms with Crippen molar-refractivity contribution in [3.8, 4) is 0 Å². The Balaban J connectivity index is 2.88. The molecule has 1 aromatic rings. The van der Waals surface area contributed by atoms with Crippen LogP contribution in [-0.2, 0) is 21.5 Å². The van der Waals surface area contributed by atoms with Crippen LogP contribution in [0.3, 0.4) is 0 Å². The van der Waals surface area contributed by atoms with Crippen molar-refractivity contribution in [1.82, 2.24) is 5.32 Å². The zero-order valence-electron chi connectivity index (χ0n) is 11.7. The number of carbonyl (C=O) groups excluding carboxylic acids is 1. The Labute approximate surface area is 110 Å². The van der Waals surface area contributed by atoms with E-state index < -0.39 is 0 Å². The minimum absolute atomic E-state index is 0.172. The summed E-state index contributed by atoms with van der Waals surface area (Å²) in [5.41, 5.74) is 2.03. The smallest absolute Gasteiger partial charge is 0.307 e. The van der Waals surface area contributed by atoms with E-state index in [-0.39, 0.29) is 11.5 Å². The topological polar surface area (TPSA) is 38.3 Å². The van der Waals surface area contributed by atoms with Gasteiger partial charge in [0.1, 0.15) is 0 Å². The molecule has 100 valence electrons. The Hall–Kier alpha value is -1.35. The molecule has 0 aliphatic heterocycles. The molecule has 1 rings (SSSR count). The quantitative estimate of drug-likeness (QED) is 0.788. The van der Waals surface area contributed by atoms with Crippen LogP contribution in [0.5, 0.6) is 0 Å². The van der Waals surface area contributed by atoms with E-state index in [1.165, 1.54) is 5.56 Å². The lowest BCUT2D eigenvalue weighted by Crippen LogP contribution is -2.39. The van der Waals surface area contributed by atoms with E-state index in [1.807, 2.05) is 20.9 Å². The molecule has 1 atom stereocenters. The molecule has 3 nitrogen and oxygen atoms in total. The van der Waals surface area contributed by atoms with Gasteiger partial charge in [-0.05, 0) is 38.4 Å². The summed E-state index contributed by atoms with van der Waals surface area (Å²) in [5, 5.41) is 3.22. The lowest BCUT2D eigenvalue weighted by molar-refractivity contribution is -0.144. The summed E-state index contributed by atoms with van der Waals surface area (Å²) >= 11 is 0. The van der Waals surface area contributed by atoms with E-state index in [1.54, 1.807) is 0 Å². The van der Waals surface area contributed by atoms with Crippen molar-refractivity contribution in [2.24, 2.45) is 0 Å². The molecule has 3 heteroatoms. The predicted octanol–water partition coefficient (Wildman–Crippen LogP) is 2.64. The van der Waals surface area contributed by atoms with Gasteiger partial charge in [-0.2, -0.15) is 0 Å². The fraction of sp³-hybridized carbons (Fsp3) is 0.533. The van der Waals surface area contributed by atoms with Crippen molar-refractivity contribution in [3.63, 3.8) is 0 Å². The summed E-state index contributed by atoms with van der Waals surface area (Å²) in [4.78, 5) is 11.7. The molecule has 0 aliphatic carbocycles. The molecule has 0 aliphatic rings. The molecule has 0 spiro atoms. The maximum atomic E-state index is 11.7. The number of esters is 1. The summed E-state index contributed by atoms with van der Waals surface area (Å²) in [6, 6.07) is 8.37. The van der Waals surface area contributed by atoms with Gasteiger partial charge in [0.05, 0.1) is 18.6 Å². The van der Waals surface area contributed by atoms with Crippen LogP contribution >= 0.6 is 0 Å². The van der Waals surface area contributed by atoms with Gasteiger partial charge in [0.2, 0.25) is 0 Å². The van der Waals surface area contributed by atoms with Crippen molar-refractivity contribution in [1.29, 1.82) is 0 Å². The fourth-order valence-corrected chi connectivity index (χ4v) is 1.94. The normalized spacial score (nSPS) is 14.0. The lowest BCUT2D eigenvalue weighted by atomic mass is 9.88. The molecule has 0 saturated carbocycles. The van der Waals surface area contributed by atoms with E-state index >= 15 is 0 Å². The highest BCUT2D eigenvalue weighted by Gasteiger charge is 2.28. The molecule has 0 radical (unpaired) electrons. The van der Waals surface area contributed by atoms with Gasteiger partial charge >= 0.3 is 5.97 Å². The molecule has 1 aromatic carbocycles. The molecule has 18 heavy (non-hydrogen) atoms. The fourth-order valence-electron chi connectivity index (χ4n) is 1.94. The van der Waals surface area contributed by atoms with E-state index in [0.717, 1.165) is 12.0 Å². The van der Waals surface area contributed by atoms with Gasteiger partial charge in [-0.3, -0.25) is 4.79 Å². The number of rotatable bonds is 6. The maximum Gasteiger partial charge on any atom is 0.307 e. The van der Waals surface area contributed by atoms with Crippen molar-refractivity contribution in [3.05, 3.63) is 35.4 Å². The Kier molecular flexibility index (Phi) is 5.35. The highest BCUT2D eigenvalue weighted by Crippen LogP contribution is 2.25. The van der Waals surface area contributed by atoms with Gasteiger partial charge in [0.15, 0.2) is 0 Å². The molecule has 0 heterocycles. The summed E-state index contributed by atoms with van der Waals surface area (Å²) in [7, 11) is 1.87. The highest BCUT2D eigenvalue weighted by molar-refractivity contribution is 5.71. The number of carbonyl (C=O) groups is 1. The average Bonchev–Trinajstić information content (AvgIpc) is 2.39. The molecule has 1 unspecified atom stereocenters. The molecule has 0 fully saturated rings. The number of ether oxygens (including phenoxy) is 1. The largest absolute Gasteiger partial charge is 0.466 e. The number of hydrogen-bond acceptors (Lipinski definition) is 3. The first-order chi connectivity index (χ1) is 8.55.